The quantitative estimate of drug-likeness (QED) is 0.672. The third-order valence-corrected chi connectivity index (χ3v) is 5.43. The number of rotatable bonds is 5. The van der Waals surface area contributed by atoms with Gasteiger partial charge in [-0.05, 0) is 60.5 Å². The summed E-state index contributed by atoms with van der Waals surface area (Å²) in [5.41, 5.74) is 2.52. The lowest BCUT2D eigenvalue weighted by atomic mass is 10.2. The third-order valence-electron chi connectivity index (χ3n) is 5.18. The number of nitrogens with zero attached hydrogens (tertiary/aromatic N) is 4. The van der Waals surface area contributed by atoms with Crippen molar-refractivity contribution in [2.45, 2.75) is 13.0 Å². The number of pyridine rings is 2. The van der Waals surface area contributed by atoms with Crippen LogP contribution in [0.5, 0.6) is 0 Å². The van der Waals surface area contributed by atoms with Crippen LogP contribution in [0.15, 0.2) is 67.1 Å². The topological polar surface area (TPSA) is 61.4 Å². The van der Waals surface area contributed by atoms with Crippen LogP contribution < -0.4 is 10.2 Å². The molecule has 0 radical (unpaired) electrons. The van der Waals surface area contributed by atoms with Crippen molar-refractivity contribution >= 4 is 29.0 Å². The molecule has 1 aliphatic rings. The van der Waals surface area contributed by atoms with Gasteiger partial charge in [0.15, 0.2) is 0 Å². The fourth-order valence-electron chi connectivity index (χ4n) is 3.56. The molecule has 0 atom stereocenters. The van der Waals surface area contributed by atoms with Gasteiger partial charge in [-0.25, -0.2) is 4.98 Å². The lowest BCUT2D eigenvalue weighted by Gasteiger charge is -2.23. The van der Waals surface area contributed by atoms with Crippen molar-refractivity contribution < 1.29 is 4.79 Å². The van der Waals surface area contributed by atoms with Gasteiger partial charge in [0, 0.05) is 55.7 Å². The lowest BCUT2D eigenvalue weighted by Crippen LogP contribution is -2.31. The minimum Gasteiger partial charge on any atom is -0.355 e. The summed E-state index contributed by atoms with van der Waals surface area (Å²) in [4.78, 5) is 25.8. The van der Waals surface area contributed by atoms with E-state index in [9.17, 15) is 4.79 Å². The molecule has 3 aromatic rings. The van der Waals surface area contributed by atoms with Crippen LogP contribution >= 0.6 is 11.6 Å². The summed E-state index contributed by atoms with van der Waals surface area (Å²) in [5, 5.41) is 3.48. The van der Waals surface area contributed by atoms with Crippen molar-refractivity contribution in [3.05, 3.63) is 83.3 Å². The van der Waals surface area contributed by atoms with E-state index in [1.807, 2.05) is 24.5 Å². The van der Waals surface area contributed by atoms with E-state index < -0.39 is 0 Å². The Labute approximate surface area is 181 Å². The molecule has 0 unspecified atom stereocenters. The molecular weight excluding hydrogens is 398 g/mol. The van der Waals surface area contributed by atoms with Gasteiger partial charge in [0.1, 0.15) is 5.82 Å². The Bertz CT molecular complexity index is 963. The van der Waals surface area contributed by atoms with Gasteiger partial charge in [-0.3, -0.25) is 14.7 Å². The van der Waals surface area contributed by atoms with Gasteiger partial charge >= 0.3 is 0 Å². The van der Waals surface area contributed by atoms with Crippen LogP contribution in [-0.2, 0) is 6.54 Å². The maximum atomic E-state index is 12.3. The molecular formula is C23H24ClN5O. The number of nitrogens with one attached hydrogen (secondary N) is 1. The van der Waals surface area contributed by atoms with Crippen molar-refractivity contribution in [1.29, 1.82) is 0 Å². The van der Waals surface area contributed by atoms with E-state index in [-0.39, 0.29) is 5.91 Å². The fraction of sp³-hybridized carbons (Fsp3) is 0.261. The molecule has 4 rings (SSSR count). The number of hydrogen-bond acceptors (Lipinski definition) is 5. The van der Waals surface area contributed by atoms with Gasteiger partial charge in [-0.2, -0.15) is 0 Å². The molecule has 1 aromatic carbocycles. The molecule has 7 heteroatoms. The highest BCUT2D eigenvalue weighted by Gasteiger charge is 2.16. The number of halogens is 1. The van der Waals surface area contributed by atoms with Crippen molar-refractivity contribution in [2.24, 2.45) is 0 Å². The molecule has 1 amide bonds. The first kappa shape index (κ1) is 20.3. The van der Waals surface area contributed by atoms with Gasteiger partial charge in [-0.15, -0.1) is 0 Å². The summed E-state index contributed by atoms with van der Waals surface area (Å²) < 4.78 is 0. The summed E-state index contributed by atoms with van der Waals surface area (Å²) in [7, 11) is 0. The summed E-state index contributed by atoms with van der Waals surface area (Å²) in [5.74, 6) is 0.757. The molecule has 2 aromatic heterocycles. The number of hydrogen-bond donors (Lipinski definition) is 1. The van der Waals surface area contributed by atoms with Crippen molar-refractivity contribution in [2.75, 3.05) is 36.4 Å². The maximum absolute atomic E-state index is 12.3. The Morgan fingerprint density at radius 3 is 2.50 bits per heavy atom. The van der Waals surface area contributed by atoms with Gasteiger partial charge in [0.2, 0.25) is 0 Å². The Morgan fingerprint density at radius 1 is 0.967 bits per heavy atom. The number of benzene rings is 1. The molecule has 154 valence electrons. The first-order chi connectivity index (χ1) is 14.7. The molecule has 30 heavy (non-hydrogen) atoms. The molecule has 0 bridgehead atoms. The van der Waals surface area contributed by atoms with Crippen molar-refractivity contribution in [3.8, 4) is 0 Å². The summed E-state index contributed by atoms with van der Waals surface area (Å²) in [6, 6.07) is 14.8. The number of amides is 1. The average molecular weight is 422 g/mol. The zero-order valence-electron chi connectivity index (χ0n) is 16.7. The molecule has 3 heterocycles. The van der Waals surface area contributed by atoms with Gasteiger partial charge in [0.05, 0.1) is 11.9 Å². The number of anilines is 2. The summed E-state index contributed by atoms with van der Waals surface area (Å²) in [6.07, 6.45) is 6.48. The Kier molecular flexibility index (Phi) is 6.57. The summed E-state index contributed by atoms with van der Waals surface area (Å²) >= 11 is 5.88. The average Bonchev–Trinajstić information content (AvgIpc) is 3.01. The second-order valence-corrected chi connectivity index (χ2v) is 7.77. The molecule has 1 saturated heterocycles. The van der Waals surface area contributed by atoms with Gasteiger partial charge < -0.3 is 10.2 Å². The van der Waals surface area contributed by atoms with Crippen LogP contribution in [0.2, 0.25) is 5.02 Å². The predicted molar refractivity (Wildman–Crippen MR) is 120 cm³/mol. The second kappa shape index (κ2) is 9.69. The maximum Gasteiger partial charge on any atom is 0.255 e. The normalized spacial score (nSPS) is 14.9. The van der Waals surface area contributed by atoms with E-state index in [0.717, 1.165) is 45.0 Å². The zero-order valence-corrected chi connectivity index (χ0v) is 17.4. The highest BCUT2D eigenvalue weighted by Crippen LogP contribution is 2.18. The molecule has 1 N–H and O–H groups in total. The van der Waals surface area contributed by atoms with Gasteiger partial charge in [-0.1, -0.05) is 11.6 Å². The van der Waals surface area contributed by atoms with Gasteiger partial charge in [0.25, 0.3) is 5.91 Å². The van der Waals surface area contributed by atoms with E-state index in [1.165, 1.54) is 5.56 Å². The van der Waals surface area contributed by atoms with Crippen molar-refractivity contribution in [3.63, 3.8) is 0 Å². The monoisotopic (exact) mass is 421 g/mol. The van der Waals surface area contributed by atoms with E-state index in [4.69, 9.17) is 11.6 Å². The van der Waals surface area contributed by atoms with Crippen LogP contribution in [0.25, 0.3) is 0 Å². The third kappa shape index (κ3) is 5.34. The Hall–Kier alpha value is -2.96. The highest BCUT2D eigenvalue weighted by atomic mass is 35.5. The molecule has 1 aliphatic heterocycles. The molecule has 0 saturated carbocycles. The largest absolute Gasteiger partial charge is 0.355 e. The summed E-state index contributed by atoms with van der Waals surface area (Å²) in [6.45, 7) is 4.89. The van der Waals surface area contributed by atoms with E-state index in [1.54, 1.807) is 30.5 Å². The van der Waals surface area contributed by atoms with E-state index in [2.05, 4.69) is 37.2 Å². The molecule has 1 fully saturated rings. The smallest absolute Gasteiger partial charge is 0.255 e. The molecule has 0 spiro atoms. The number of carbonyl (C=O) groups excluding carboxylic acids is 1. The Morgan fingerprint density at radius 2 is 1.77 bits per heavy atom. The van der Waals surface area contributed by atoms with E-state index >= 15 is 0 Å². The second-order valence-electron chi connectivity index (χ2n) is 7.34. The van der Waals surface area contributed by atoms with Crippen LogP contribution in [0.1, 0.15) is 22.3 Å². The van der Waals surface area contributed by atoms with Crippen LogP contribution in [0, 0.1) is 0 Å². The highest BCUT2D eigenvalue weighted by molar-refractivity contribution is 6.30. The SMILES string of the molecule is O=C(Nc1ccc(N2CCCN(Cc3ccncc3)CC2)nc1)c1ccc(Cl)cc1. The minimum absolute atomic E-state index is 0.178. The first-order valence-electron chi connectivity index (χ1n) is 10.1. The number of aromatic nitrogens is 2. The van der Waals surface area contributed by atoms with Crippen molar-refractivity contribution in [1.82, 2.24) is 14.9 Å². The standard InChI is InChI=1S/C23H24ClN5O/c24-20-4-2-19(3-5-20)23(30)27-21-6-7-22(26-16-21)29-13-1-12-28(14-15-29)17-18-8-10-25-11-9-18/h2-11,16H,1,12-15,17H2,(H,27,30). The lowest BCUT2D eigenvalue weighted by molar-refractivity contribution is 0.102. The van der Waals surface area contributed by atoms with Crippen LogP contribution in [0.3, 0.4) is 0 Å². The van der Waals surface area contributed by atoms with E-state index in [0.29, 0.717) is 16.3 Å². The molecule has 6 nitrogen and oxygen atoms in total. The predicted octanol–water partition coefficient (Wildman–Crippen LogP) is 4.09. The number of carbonyl (C=O) groups is 1. The molecule has 0 aliphatic carbocycles. The Balaban J connectivity index is 1.33. The van der Waals surface area contributed by atoms with Crippen LogP contribution in [-0.4, -0.2) is 47.0 Å². The van der Waals surface area contributed by atoms with Crippen LogP contribution in [0.4, 0.5) is 11.5 Å². The minimum atomic E-state index is -0.178. The first-order valence-corrected chi connectivity index (χ1v) is 10.4. The fourth-order valence-corrected chi connectivity index (χ4v) is 3.68. The zero-order chi connectivity index (χ0) is 20.8.